The predicted molar refractivity (Wildman–Crippen MR) is 63.3 cm³/mol. The topological polar surface area (TPSA) is 26.0 Å². The van der Waals surface area contributed by atoms with Gasteiger partial charge in [-0.1, -0.05) is 34.1 Å². The fourth-order valence-electron chi connectivity index (χ4n) is 1.27. The van der Waals surface area contributed by atoms with E-state index in [0.717, 1.165) is 15.5 Å². The SMILES string of the molecule is Cl.Nc1cccc2ccc(Br)cc12. The van der Waals surface area contributed by atoms with E-state index in [-0.39, 0.29) is 12.4 Å². The molecule has 0 bridgehead atoms. The third-order valence-electron chi connectivity index (χ3n) is 1.88. The van der Waals surface area contributed by atoms with Crippen LogP contribution in [0.1, 0.15) is 0 Å². The zero-order chi connectivity index (χ0) is 8.55. The monoisotopic (exact) mass is 257 g/mol. The molecule has 0 atom stereocenters. The van der Waals surface area contributed by atoms with E-state index in [2.05, 4.69) is 28.1 Å². The molecule has 0 aliphatic heterocycles. The Morgan fingerprint density at radius 3 is 2.62 bits per heavy atom. The molecule has 13 heavy (non-hydrogen) atoms. The van der Waals surface area contributed by atoms with Crippen LogP contribution in [-0.2, 0) is 0 Å². The van der Waals surface area contributed by atoms with Gasteiger partial charge in [-0.3, -0.25) is 0 Å². The summed E-state index contributed by atoms with van der Waals surface area (Å²) in [4.78, 5) is 0. The molecule has 0 amide bonds. The van der Waals surface area contributed by atoms with Crippen LogP contribution in [0, 0.1) is 0 Å². The van der Waals surface area contributed by atoms with Crippen molar-refractivity contribution in [1.29, 1.82) is 0 Å². The largest absolute Gasteiger partial charge is 0.398 e. The molecule has 0 unspecified atom stereocenters. The fourth-order valence-corrected chi connectivity index (χ4v) is 1.63. The molecule has 68 valence electrons. The normalized spacial score (nSPS) is 9.62. The average molecular weight is 259 g/mol. The van der Waals surface area contributed by atoms with Gasteiger partial charge in [0.15, 0.2) is 0 Å². The highest BCUT2D eigenvalue weighted by molar-refractivity contribution is 9.10. The Labute approximate surface area is 91.5 Å². The van der Waals surface area contributed by atoms with Crippen LogP contribution in [0.2, 0.25) is 0 Å². The maximum Gasteiger partial charge on any atom is 0.0394 e. The summed E-state index contributed by atoms with van der Waals surface area (Å²) >= 11 is 3.41. The minimum atomic E-state index is 0. The van der Waals surface area contributed by atoms with Crippen molar-refractivity contribution in [2.75, 3.05) is 5.73 Å². The lowest BCUT2D eigenvalue weighted by Gasteiger charge is -2.01. The highest BCUT2D eigenvalue weighted by Crippen LogP contribution is 2.24. The molecule has 1 nitrogen and oxygen atoms in total. The lowest BCUT2D eigenvalue weighted by Crippen LogP contribution is -1.85. The maximum absolute atomic E-state index is 5.80. The molecule has 0 heterocycles. The third kappa shape index (κ3) is 1.95. The van der Waals surface area contributed by atoms with Crippen LogP contribution in [0.5, 0.6) is 0 Å². The van der Waals surface area contributed by atoms with Crippen LogP contribution in [0.25, 0.3) is 10.8 Å². The summed E-state index contributed by atoms with van der Waals surface area (Å²) in [5.41, 5.74) is 6.63. The van der Waals surface area contributed by atoms with Crippen molar-refractivity contribution >= 4 is 44.8 Å². The molecule has 0 saturated heterocycles. The number of hydrogen-bond donors (Lipinski definition) is 1. The molecule has 2 N–H and O–H groups in total. The minimum Gasteiger partial charge on any atom is -0.398 e. The van der Waals surface area contributed by atoms with Gasteiger partial charge in [0.05, 0.1) is 0 Å². The molecular formula is C10H9BrClN. The molecular weight excluding hydrogens is 249 g/mol. The summed E-state index contributed by atoms with van der Waals surface area (Å²) in [6, 6.07) is 12.0. The van der Waals surface area contributed by atoms with Crippen molar-refractivity contribution < 1.29 is 0 Å². The minimum absolute atomic E-state index is 0. The molecule has 0 fully saturated rings. The maximum atomic E-state index is 5.80. The zero-order valence-corrected chi connectivity index (χ0v) is 9.23. The number of nitrogens with two attached hydrogens (primary N) is 1. The number of rotatable bonds is 0. The van der Waals surface area contributed by atoms with Crippen molar-refractivity contribution in [2.45, 2.75) is 0 Å². The third-order valence-corrected chi connectivity index (χ3v) is 2.37. The van der Waals surface area contributed by atoms with E-state index in [1.807, 2.05) is 24.3 Å². The molecule has 0 aliphatic carbocycles. The number of hydrogen-bond acceptors (Lipinski definition) is 1. The molecule has 2 aromatic rings. The highest BCUT2D eigenvalue weighted by Gasteiger charge is 1.96. The van der Waals surface area contributed by atoms with Gasteiger partial charge in [-0.15, -0.1) is 12.4 Å². The summed E-state index contributed by atoms with van der Waals surface area (Å²) in [6.45, 7) is 0. The van der Waals surface area contributed by atoms with Crippen LogP contribution >= 0.6 is 28.3 Å². The standard InChI is InChI=1S/C10H8BrN.ClH/c11-8-5-4-7-2-1-3-10(12)9(7)6-8;/h1-6H,12H2;1H. The second-order valence-electron chi connectivity index (χ2n) is 2.71. The van der Waals surface area contributed by atoms with Crippen LogP contribution in [0.4, 0.5) is 5.69 Å². The molecule has 2 rings (SSSR count). The van der Waals surface area contributed by atoms with Gasteiger partial charge >= 0.3 is 0 Å². The van der Waals surface area contributed by atoms with Crippen LogP contribution in [0.15, 0.2) is 40.9 Å². The summed E-state index contributed by atoms with van der Waals surface area (Å²) < 4.78 is 1.06. The van der Waals surface area contributed by atoms with E-state index in [1.54, 1.807) is 0 Å². The quantitative estimate of drug-likeness (QED) is 0.718. The molecule has 0 aromatic heterocycles. The second kappa shape index (κ2) is 3.99. The Kier molecular flexibility index (Phi) is 3.17. The van der Waals surface area contributed by atoms with Gasteiger partial charge in [0.25, 0.3) is 0 Å². The smallest absolute Gasteiger partial charge is 0.0394 e. The molecule has 0 spiro atoms. The van der Waals surface area contributed by atoms with E-state index >= 15 is 0 Å². The van der Waals surface area contributed by atoms with Crippen molar-refractivity contribution in [3.8, 4) is 0 Å². The van der Waals surface area contributed by atoms with Crippen LogP contribution < -0.4 is 5.73 Å². The van der Waals surface area contributed by atoms with Crippen LogP contribution in [0.3, 0.4) is 0 Å². The highest BCUT2D eigenvalue weighted by atomic mass is 79.9. The van der Waals surface area contributed by atoms with E-state index in [4.69, 9.17) is 5.73 Å². The summed E-state index contributed by atoms with van der Waals surface area (Å²) in [5.74, 6) is 0. The number of anilines is 1. The van der Waals surface area contributed by atoms with Gasteiger partial charge in [0, 0.05) is 15.5 Å². The molecule has 0 aliphatic rings. The lowest BCUT2D eigenvalue weighted by atomic mass is 10.1. The first-order chi connectivity index (χ1) is 5.77. The number of fused-ring (bicyclic) bond motifs is 1. The Hall–Kier alpha value is -0.730. The van der Waals surface area contributed by atoms with Gasteiger partial charge in [-0.25, -0.2) is 0 Å². The summed E-state index contributed by atoms with van der Waals surface area (Å²) in [5, 5.41) is 2.28. The van der Waals surface area contributed by atoms with Crippen molar-refractivity contribution in [3.63, 3.8) is 0 Å². The Bertz CT molecular complexity index is 428. The van der Waals surface area contributed by atoms with Crippen molar-refractivity contribution in [3.05, 3.63) is 40.9 Å². The Balaban J connectivity index is 0.000000845. The zero-order valence-electron chi connectivity index (χ0n) is 6.83. The second-order valence-corrected chi connectivity index (χ2v) is 3.63. The lowest BCUT2D eigenvalue weighted by molar-refractivity contribution is 1.69. The van der Waals surface area contributed by atoms with Crippen molar-refractivity contribution in [2.24, 2.45) is 0 Å². The first-order valence-corrected chi connectivity index (χ1v) is 4.50. The summed E-state index contributed by atoms with van der Waals surface area (Å²) in [6.07, 6.45) is 0. The van der Waals surface area contributed by atoms with E-state index in [9.17, 15) is 0 Å². The van der Waals surface area contributed by atoms with E-state index < -0.39 is 0 Å². The van der Waals surface area contributed by atoms with E-state index in [0.29, 0.717) is 0 Å². The first-order valence-electron chi connectivity index (χ1n) is 3.71. The molecule has 2 aromatic carbocycles. The molecule has 3 heteroatoms. The summed E-state index contributed by atoms with van der Waals surface area (Å²) in [7, 11) is 0. The number of halogens is 2. The van der Waals surface area contributed by atoms with Gasteiger partial charge in [0.1, 0.15) is 0 Å². The first kappa shape index (κ1) is 10.4. The van der Waals surface area contributed by atoms with Crippen molar-refractivity contribution in [1.82, 2.24) is 0 Å². The van der Waals surface area contributed by atoms with Gasteiger partial charge in [-0.05, 0) is 23.6 Å². The van der Waals surface area contributed by atoms with Gasteiger partial charge in [-0.2, -0.15) is 0 Å². The van der Waals surface area contributed by atoms with Gasteiger partial charge in [0.2, 0.25) is 0 Å². The molecule has 0 radical (unpaired) electrons. The van der Waals surface area contributed by atoms with Gasteiger partial charge < -0.3 is 5.73 Å². The molecule has 0 saturated carbocycles. The van der Waals surface area contributed by atoms with E-state index in [1.165, 1.54) is 5.39 Å². The fraction of sp³-hybridized carbons (Fsp3) is 0. The average Bonchev–Trinajstić information content (AvgIpc) is 2.07. The van der Waals surface area contributed by atoms with Crippen LogP contribution in [-0.4, -0.2) is 0 Å². The Morgan fingerprint density at radius 2 is 1.85 bits per heavy atom. The number of nitrogen functional groups attached to an aromatic ring is 1. The Morgan fingerprint density at radius 1 is 1.08 bits per heavy atom. The predicted octanol–water partition coefficient (Wildman–Crippen LogP) is 3.61. The number of benzene rings is 2.